The van der Waals surface area contributed by atoms with Crippen molar-refractivity contribution in [2.24, 2.45) is 0 Å². The molecular formula is C13H25N3O3S2. The first-order chi connectivity index (χ1) is 10.0. The van der Waals surface area contributed by atoms with Gasteiger partial charge in [0, 0.05) is 49.6 Å². The molecule has 2 rings (SSSR count). The molecule has 2 aliphatic rings. The Morgan fingerprint density at radius 2 is 2.10 bits per heavy atom. The highest BCUT2D eigenvalue weighted by Gasteiger charge is 2.27. The summed E-state index contributed by atoms with van der Waals surface area (Å²) in [5.41, 5.74) is 0. The SMILES string of the molecule is CCS(=O)(=O)N1CCC(NC(=O)CC2CSCCN2)CC1. The summed E-state index contributed by atoms with van der Waals surface area (Å²) >= 11 is 1.88. The Balaban J connectivity index is 1.71. The van der Waals surface area contributed by atoms with Crippen LogP contribution in [-0.2, 0) is 14.8 Å². The number of carbonyl (C=O) groups excluding carboxylic acids is 1. The van der Waals surface area contributed by atoms with E-state index in [4.69, 9.17) is 0 Å². The molecule has 2 heterocycles. The molecule has 0 aromatic rings. The van der Waals surface area contributed by atoms with E-state index in [1.165, 1.54) is 4.31 Å². The quantitative estimate of drug-likeness (QED) is 0.740. The lowest BCUT2D eigenvalue weighted by Crippen LogP contribution is -2.48. The maximum Gasteiger partial charge on any atom is 0.221 e. The van der Waals surface area contributed by atoms with E-state index >= 15 is 0 Å². The van der Waals surface area contributed by atoms with Crippen molar-refractivity contribution in [3.05, 3.63) is 0 Å². The predicted molar refractivity (Wildman–Crippen MR) is 85.9 cm³/mol. The average molecular weight is 335 g/mol. The smallest absolute Gasteiger partial charge is 0.221 e. The van der Waals surface area contributed by atoms with Crippen LogP contribution in [0.1, 0.15) is 26.2 Å². The molecule has 0 aliphatic carbocycles. The lowest BCUT2D eigenvalue weighted by molar-refractivity contribution is -0.122. The molecule has 0 spiro atoms. The molecule has 0 aromatic carbocycles. The van der Waals surface area contributed by atoms with Crippen molar-refractivity contribution >= 4 is 27.7 Å². The molecule has 122 valence electrons. The summed E-state index contributed by atoms with van der Waals surface area (Å²) in [7, 11) is -3.09. The van der Waals surface area contributed by atoms with Crippen molar-refractivity contribution in [3.63, 3.8) is 0 Å². The summed E-state index contributed by atoms with van der Waals surface area (Å²) in [6.07, 6.45) is 1.93. The Morgan fingerprint density at radius 1 is 1.38 bits per heavy atom. The number of sulfonamides is 1. The number of amides is 1. The van der Waals surface area contributed by atoms with Crippen molar-refractivity contribution in [2.75, 3.05) is 36.9 Å². The normalized spacial score (nSPS) is 25.7. The molecule has 6 nitrogen and oxygen atoms in total. The van der Waals surface area contributed by atoms with Gasteiger partial charge in [-0.3, -0.25) is 4.79 Å². The summed E-state index contributed by atoms with van der Waals surface area (Å²) < 4.78 is 25.1. The van der Waals surface area contributed by atoms with Crippen LogP contribution in [0.25, 0.3) is 0 Å². The van der Waals surface area contributed by atoms with Crippen molar-refractivity contribution < 1.29 is 13.2 Å². The molecule has 21 heavy (non-hydrogen) atoms. The number of nitrogens with zero attached hydrogens (tertiary/aromatic N) is 1. The van der Waals surface area contributed by atoms with Gasteiger partial charge in [0.2, 0.25) is 15.9 Å². The van der Waals surface area contributed by atoms with E-state index < -0.39 is 10.0 Å². The first-order valence-electron chi connectivity index (χ1n) is 7.59. The first kappa shape index (κ1) is 17.1. The molecule has 0 radical (unpaired) electrons. The van der Waals surface area contributed by atoms with Crippen LogP contribution in [-0.4, -0.2) is 67.6 Å². The van der Waals surface area contributed by atoms with Crippen LogP contribution < -0.4 is 10.6 Å². The van der Waals surface area contributed by atoms with E-state index in [0.29, 0.717) is 32.4 Å². The van der Waals surface area contributed by atoms with Gasteiger partial charge in [-0.2, -0.15) is 11.8 Å². The maximum absolute atomic E-state index is 12.0. The molecule has 2 saturated heterocycles. The number of piperidine rings is 1. The fraction of sp³-hybridized carbons (Fsp3) is 0.923. The zero-order valence-corrected chi connectivity index (χ0v) is 14.1. The van der Waals surface area contributed by atoms with Crippen LogP contribution in [0.15, 0.2) is 0 Å². The third kappa shape index (κ3) is 5.12. The van der Waals surface area contributed by atoms with Crippen LogP contribution in [0.4, 0.5) is 0 Å². The molecule has 8 heteroatoms. The van der Waals surface area contributed by atoms with Crippen molar-refractivity contribution in [2.45, 2.75) is 38.3 Å². The lowest BCUT2D eigenvalue weighted by Gasteiger charge is -2.32. The monoisotopic (exact) mass is 335 g/mol. The van der Waals surface area contributed by atoms with Gasteiger partial charge in [0.15, 0.2) is 0 Å². The molecule has 0 saturated carbocycles. The van der Waals surface area contributed by atoms with Gasteiger partial charge in [0.1, 0.15) is 0 Å². The van der Waals surface area contributed by atoms with E-state index in [9.17, 15) is 13.2 Å². The van der Waals surface area contributed by atoms with E-state index in [1.54, 1.807) is 6.92 Å². The largest absolute Gasteiger partial charge is 0.353 e. The van der Waals surface area contributed by atoms with Gasteiger partial charge in [-0.15, -0.1) is 0 Å². The topological polar surface area (TPSA) is 78.5 Å². The number of nitrogens with one attached hydrogen (secondary N) is 2. The fourth-order valence-electron chi connectivity index (χ4n) is 2.72. The molecule has 1 unspecified atom stereocenters. The zero-order chi connectivity index (χ0) is 15.3. The number of rotatable bonds is 5. The fourth-order valence-corrected chi connectivity index (χ4v) is 4.80. The highest BCUT2D eigenvalue weighted by molar-refractivity contribution is 7.99. The summed E-state index contributed by atoms with van der Waals surface area (Å²) in [5, 5.41) is 6.40. The third-order valence-corrected chi connectivity index (χ3v) is 7.02. The van der Waals surface area contributed by atoms with Gasteiger partial charge in [0.25, 0.3) is 0 Å². The van der Waals surface area contributed by atoms with Crippen LogP contribution in [0.5, 0.6) is 0 Å². The van der Waals surface area contributed by atoms with E-state index in [1.807, 2.05) is 11.8 Å². The number of hydrogen-bond donors (Lipinski definition) is 2. The summed E-state index contributed by atoms with van der Waals surface area (Å²) in [6, 6.07) is 0.376. The molecule has 0 aromatic heterocycles. The standard InChI is InChI=1S/C13H25N3O3S2/c1-2-21(18,19)16-6-3-11(4-7-16)15-13(17)9-12-10-20-8-5-14-12/h11-12,14H,2-10H2,1H3,(H,15,17). The molecule has 1 amide bonds. The van der Waals surface area contributed by atoms with E-state index in [-0.39, 0.29) is 23.7 Å². The second-order valence-electron chi connectivity index (χ2n) is 5.57. The Kier molecular flexibility index (Phi) is 6.34. The second-order valence-corrected chi connectivity index (χ2v) is 8.98. The van der Waals surface area contributed by atoms with Crippen LogP contribution in [0.3, 0.4) is 0 Å². The van der Waals surface area contributed by atoms with Gasteiger partial charge >= 0.3 is 0 Å². The minimum absolute atomic E-state index is 0.0757. The zero-order valence-electron chi connectivity index (χ0n) is 12.5. The number of thioether (sulfide) groups is 1. The Labute approximate surface area is 131 Å². The molecular weight excluding hydrogens is 310 g/mol. The Morgan fingerprint density at radius 3 is 2.67 bits per heavy atom. The van der Waals surface area contributed by atoms with Gasteiger partial charge in [0.05, 0.1) is 5.75 Å². The summed E-state index contributed by atoms with van der Waals surface area (Å²) in [6.45, 7) is 3.66. The lowest BCUT2D eigenvalue weighted by atomic mass is 10.1. The first-order valence-corrected chi connectivity index (χ1v) is 10.4. The molecule has 1 atom stereocenters. The van der Waals surface area contributed by atoms with Crippen molar-refractivity contribution in [3.8, 4) is 0 Å². The number of hydrogen-bond acceptors (Lipinski definition) is 5. The second kappa shape index (κ2) is 7.80. The van der Waals surface area contributed by atoms with Gasteiger partial charge in [-0.1, -0.05) is 0 Å². The van der Waals surface area contributed by atoms with Gasteiger partial charge in [-0.05, 0) is 19.8 Å². The molecule has 0 bridgehead atoms. The molecule has 2 aliphatic heterocycles. The van der Waals surface area contributed by atoms with E-state index in [0.717, 1.165) is 18.1 Å². The highest BCUT2D eigenvalue weighted by atomic mass is 32.2. The van der Waals surface area contributed by atoms with Crippen molar-refractivity contribution in [1.82, 2.24) is 14.9 Å². The summed E-state index contributed by atoms with van der Waals surface area (Å²) in [4.78, 5) is 12.0. The Hall–Kier alpha value is -0.310. The minimum Gasteiger partial charge on any atom is -0.353 e. The summed E-state index contributed by atoms with van der Waals surface area (Å²) in [5.74, 6) is 2.32. The minimum atomic E-state index is -3.09. The number of carbonyl (C=O) groups is 1. The van der Waals surface area contributed by atoms with Crippen molar-refractivity contribution in [1.29, 1.82) is 0 Å². The van der Waals surface area contributed by atoms with Gasteiger partial charge < -0.3 is 10.6 Å². The van der Waals surface area contributed by atoms with Gasteiger partial charge in [-0.25, -0.2) is 12.7 Å². The highest BCUT2D eigenvalue weighted by Crippen LogP contribution is 2.15. The van der Waals surface area contributed by atoms with Crippen LogP contribution >= 0.6 is 11.8 Å². The maximum atomic E-state index is 12.0. The average Bonchev–Trinajstić information content (AvgIpc) is 2.48. The molecule has 2 fully saturated rings. The third-order valence-electron chi connectivity index (χ3n) is 4.01. The van der Waals surface area contributed by atoms with Crippen LogP contribution in [0.2, 0.25) is 0 Å². The Bertz CT molecular complexity index is 442. The molecule has 2 N–H and O–H groups in total. The predicted octanol–water partition coefficient (Wildman–Crippen LogP) is 0.0118. The van der Waals surface area contributed by atoms with Crippen LogP contribution in [0, 0.1) is 0 Å². The van der Waals surface area contributed by atoms with E-state index in [2.05, 4.69) is 10.6 Å².